The Kier molecular flexibility index (Phi) is 8.11. The molecule has 0 amide bonds. The molecule has 0 aliphatic carbocycles. The lowest BCUT2D eigenvalue weighted by molar-refractivity contribution is -0.108. The summed E-state index contributed by atoms with van der Waals surface area (Å²) in [6.07, 6.45) is 5.50. The van der Waals surface area contributed by atoms with Crippen molar-refractivity contribution in [3.05, 3.63) is 46.7 Å². The Morgan fingerprint density at radius 3 is 2.32 bits per heavy atom. The van der Waals surface area contributed by atoms with Crippen LogP contribution in [0.15, 0.2) is 30.5 Å². The number of hydrogen-bond donors (Lipinski definition) is 0. The van der Waals surface area contributed by atoms with Gasteiger partial charge in [-0.05, 0) is 60.0 Å². The molecule has 1 aromatic heterocycles. The number of carbonyl (C=O) groups excluding carboxylic acids is 1. The summed E-state index contributed by atoms with van der Waals surface area (Å²) in [5.41, 5.74) is 3.51. The first-order valence-corrected chi connectivity index (χ1v) is 14.8. The summed E-state index contributed by atoms with van der Waals surface area (Å²) in [7, 11) is 1.38. The first-order chi connectivity index (χ1) is 16.0. The summed E-state index contributed by atoms with van der Waals surface area (Å²) in [6, 6.07) is 6.97. The molecule has 2 heterocycles. The molecule has 184 valence electrons. The van der Waals surface area contributed by atoms with E-state index in [4.69, 9.17) is 25.5 Å². The molecule has 2 aromatic rings. The SMILES string of the molecule is COc1cc(OC)cc(C2=Cc3cnc(Cl)cc3N(CCCO[Si](C)(C)C(C)(C)C)C2C=O)c1. The summed E-state index contributed by atoms with van der Waals surface area (Å²) in [5, 5.41) is 0.544. The summed E-state index contributed by atoms with van der Waals surface area (Å²) >= 11 is 6.24. The van der Waals surface area contributed by atoms with Gasteiger partial charge in [0.1, 0.15) is 29.0 Å². The molecular weight excluding hydrogens is 468 g/mol. The second kappa shape index (κ2) is 10.5. The van der Waals surface area contributed by atoms with Gasteiger partial charge in [-0.1, -0.05) is 32.4 Å². The first-order valence-electron chi connectivity index (χ1n) is 11.5. The van der Waals surface area contributed by atoms with Crippen molar-refractivity contribution in [2.75, 3.05) is 32.3 Å². The molecule has 1 aliphatic heterocycles. The van der Waals surface area contributed by atoms with Crippen molar-refractivity contribution in [2.45, 2.75) is 51.4 Å². The maximum absolute atomic E-state index is 12.5. The van der Waals surface area contributed by atoms with Crippen LogP contribution in [0.25, 0.3) is 11.6 Å². The number of hydrogen-bond acceptors (Lipinski definition) is 6. The fourth-order valence-corrected chi connectivity index (χ4v) is 5.01. The molecule has 1 unspecified atom stereocenters. The number of methoxy groups -OCH3 is 2. The topological polar surface area (TPSA) is 60.9 Å². The number of ether oxygens (including phenoxy) is 2. The number of fused-ring (bicyclic) bond motifs is 1. The maximum atomic E-state index is 12.5. The van der Waals surface area contributed by atoms with Crippen LogP contribution < -0.4 is 14.4 Å². The summed E-state index contributed by atoms with van der Waals surface area (Å²) in [6.45, 7) is 12.5. The zero-order valence-electron chi connectivity index (χ0n) is 21.1. The van der Waals surface area contributed by atoms with Crippen molar-refractivity contribution in [3.8, 4) is 11.5 Å². The van der Waals surface area contributed by atoms with E-state index in [1.165, 1.54) is 0 Å². The molecule has 0 saturated heterocycles. The van der Waals surface area contributed by atoms with E-state index >= 15 is 0 Å². The molecule has 1 aliphatic rings. The lowest BCUT2D eigenvalue weighted by Gasteiger charge is -2.38. The number of carbonyl (C=O) groups is 1. The van der Waals surface area contributed by atoms with Crippen LogP contribution in [0.5, 0.6) is 11.5 Å². The Balaban J connectivity index is 1.94. The third kappa shape index (κ3) is 5.65. The molecular formula is C26H35ClN2O4Si. The van der Waals surface area contributed by atoms with Gasteiger partial charge in [0.25, 0.3) is 0 Å². The number of halogens is 1. The minimum Gasteiger partial charge on any atom is -0.497 e. The molecule has 0 fully saturated rings. The lowest BCUT2D eigenvalue weighted by Crippen LogP contribution is -2.43. The van der Waals surface area contributed by atoms with E-state index < -0.39 is 14.4 Å². The second-order valence-electron chi connectivity index (χ2n) is 10.0. The average molecular weight is 503 g/mol. The van der Waals surface area contributed by atoms with Crippen molar-refractivity contribution in [1.29, 1.82) is 0 Å². The van der Waals surface area contributed by atoms with Crippen LogP contribution in [-0.4, -0.2) is 53.0 Å². The highest BCUT2D eigenvalue weighted by atomic mass is 35.5. The van der Waals surface area contributed by atoms with Crippen LogP contribution in [0.3, 0.4) is 0 Å². The van der Waals surface area contributed by atoms with E-state index in [-0.39, 0.29) is 5.04 Å². The van der Waals surface area contributed by atoms with Gasteiger partial charge in [-0.3, -0.25) is 0 Å². The van der Waals surface area contributed by atoms with E-state index in [1.807, 2.05) is 30.3 Å². The molecule has 0 bridgehead atoms. The van der Waals surface area contributed by atoms with Gasteiger partial charge in [0.05, 0.1) is 14.2 Å². The van der Waals surface area contributed by atoms with Gasteiger partial charge in [-0.15, -0.1) is 0 Å². The monoisotopic (exact) mass is 502 g/mol. The standard InChI is InChI=1S/C26H35ClN2O4Si/c1-26(2,3)34(6,7)33-10-8-9-29-23-15-25(27)28-16-19(23)13-22(24(29)17-30)18-11-20(31-4)14-21(12-18)32-5/h11-17,24H,8-10H2,1-7H3. The van der Waals surface area contributed by atoms with Crippen molar-refractivity contribution < 1.29 is 18.7 Å². The Bertz CT molecular complexity index is 1040. The molecule has 3 rings (SSSR count). The lowest BCUT2D eigenvalue weighted by atomic mass is 9.91. The number of aromatic nitrogens is 1. The van der Waals surface area contributed by atoms with Gasteiger partial charge in [0.2, 0.25) is 0 Å². The van der Waals surface area contributed by atoms with E-state index in [1.54, 1.807) is 20.4 Å². The highest BCUT2D eigenvalue weighted by molar-refractivity contribution is 6.74. The molecule has 0 N–H and O–H groups in total. The molecule has 0 radical (unpaired) electrons. The van der Waals surface area contributed by atoms with E-state index in [0.717, 1.165) is 35.1 Å². The third-order valence-corrected chi connectivity index (χ3v) is 11.5. The van der Waals surface area contributed by atoms with Gasteiger partial charge >= 0.3 is 0 Å². The van der Waals surface area contributed by atoms with Crippen LogP contribution in [0, 0.1) is 0 Å². The summed E-state index contributed by atoms with van der Waals surface area (Å²) in [4.78, 5) is 18.8. The molecule has 34 heavy (non-hydrogen) atoms. The van der Waals surface area contributed by atoms with E-state index in [9.17, 15) is 4.79 Å². The largest absolute Gasteiger partial charge is 0.497 e. The number of aldehydes is 1. The maximum Gasteiger partial charge on any atom is 0.191 e. The van der Waals surface area contributed by atoms with Crippen LogP contribution in [-0.2, 0) is 9.22 Å². The van der Waals surface area contributed by atoms with Crippen LogP contribution >= 0.6 is 11.6 Å². The van der Waals surface area contributed by atoms with Crippen LogP contribution in [0.4, 0.5) is 5.69 Å². The second-order valence-corrected chi connectivity index (χ2v) is 15.2. The summed E-state index contributed by atoms with van der Waals surface area (Å²) in [5.74, 6) is 1.32. The number of nitrogens with zero attached hydrogens (tertiary/aromatic N) is 2. The molecule has 8 heteroatoms. The smallest absolute Gasteiger partial charge is 0.191 e. The molecule has 1 aromatic carbocycles. The zero-order valence-corrected chi connectivity index (χ0v) is 22.9. The fourth-order valence-electron chi connectivity index (χ4n) is 3.77. The van der Waals surface area contributed by atoms with Crippen molar-refractivity contribution in [1.82, 2.24) is 4.98 Å². The predicted molar refractivity (Wildman–Crippen MR) is 142 cm³/mol. The van der Waals surface area contributed by atoms with Crippen LogP contribution in [0.1, 0.15) is 38.3 Å². The minimum absolute atomic E-state index is 0.149. The highest BCUT2D eigenvalue weighted by Crippen LogP contribution is 2.40. The third-order valence-electron chi connectivity index (χ3n) is 6.78. The van der Waals surface area contributed by atoms with Gasteiger partial charge in [-0.25, -0.2) is 4.98 Å². The zero-order chi connectivity index (χ0) is 25.1. The Hall–Kier alpha value is -2.35. The number of rotatable bonds is 9. The fraction of sp³-hybridized carbons (Fsp3) is 0.462. The average Bonchev–Trinajstić information content (AvgIpc) is 2.80. The Morgan fingerprint density at radius 1 is 1.12 bits per heavy atom. The Morgan fingerprint density at radius 2 is 1.76 bits per heavy atom. The predicted octanol–water partition coefficient (Wildman–Crippen LogP) is 6.09. The van der Waals surface area contributed by atoms with E-state index in [2.05, 4.69) is 43.7 Å². The van der Waals surface area contributed by atoms with Crippen molar-refractivity contribution in [3.63, 3.8) is 0 Å². The van der Waals surface area contributed by atoms with Gasteiger partial charge in [0, 0.05) is 36.7 Å². The molecule has 6 nitrogen and oxygen atoms in total. The first kappa shape index (κ1) is 26.3. The molecule has 1 atom stereocenters. The van der Waals surface area contributed by atoms with E-state index in [0.29, 0.717) is 29.8 Å². The van der Waals surface area contributed by atoms with Gasteiger partial charge < -0.3 is 23.6 Å². The number of benzene rings is 1. The normalized spacial score (nSPS) is 16.1. The minimum atomic E-state index is -1.84. The highest BCUT2D eigenvalue weighted by Gasteiger charge is 2.37. The quantitative estimate of drug-likeness (QED) is 0.179. The van der Waals surface area contributed by atoms with Crippen molar-refractivity contribution >= 4 is 43.5 Å². The van der Waals surface area contributed by atoms with Crippen molar-refractivity contribution in [2.24, 2.45) is 0 Å². The summed E-state index contributed by atoms with van der Waals surface area (Å²) < 4.78 is 17.3. The van der Waals surface area contributed by atoms with Gasteiger partial charge in [0.15, 0.2) is 8.32 Å². The Labute approximate surface area is 209 Å². The van der Waals surface area contributed by atoms with Gasteiger partial charge in [-0.2, -0.15) is 0 Å². The molecule has 0 spiro atoms. The number of anilines is 1. The molecule has 0 saturated carbocycles. The number of pyridine rings is 1. The van der Waals surface area contributed by atoms with Crippen LogP contribution in [0.2, 0.25) is 23.3 Å².